The van der Waals surface area contributed by atoms with Gasteiger partial charge in [0.15, 0.2) is 0 Å². The van der Waals surface area contributed by atoms with Gasteiger partial charge in [0.1, 0.15) is 11.3 Å². The minimum atomic E-state index is -0.743. The Labute approximate surface area is 167 Å². The topological polar surface area (TPSA) is 88.6 Å². The molecule has 1 unspecified atom stereocenters. The number of hydrogen-bond donors (Lipinski definition) is 4. The molecule has 0 radical (unpaired) electrons. The first-order valence-corrected chi connectivity index (χ1v) is 10.5. The van der Waals surface area contributed by atoms with Crippen molar-refractivity contribution < 1.29 is 10.2 Å². The van der Waals surface area contributed by atoms with Gasteiger partial charge in [-0.25, -0.2) is 0 Å². The number of aromatic amines is 1. The predicted octanol–water partition coefficient (Wildman–Crippen LogP) is 2.76. The molecule has 1 aliphatic rings. The van der Waals surface area contributed by atoms with E-state index in [-0.39, 0.29) is 10.6 Å². The molecule has 3 aromatic rings. The summed E-state index contributed by atoms with van der Waals surface area (Å²) in [6.45, 7) is 3.45. The zero-order valence-electron chi connectivity index (χ0n) is 15.6. The number of nitrogens with one attached hydrogen (secondary N) is 2. The summed E-state index contributed by atoms with van der Waals surface area (Å²) in [6, 6.07) is 11.9. The molecule has 1 fully saturated rings. The molecule has 0 aliphatic carbocycles. The number of H-pyrrole nitrogens is 1. The van der Waals surface area contributed by atoms with Crippen LogP contribution in [0.4, 0.5) is 5.69 Å². The Morgan fingerprint density at radius 2 is 1.89 bits per heavy atom. The van der Waals surface area contributed by atoms with Crippen molar-refractivity contribution in [2.24, 2.45) is 0 Å². The van der Waals surface area contributed by atoms with E-state index >= 15 is 0 Å². The zero-order valence-corrected chi connectivity index (χ0v) is 16.5. The van der Waals surface area contributed by atoms with Crippen LogP contribution in [0.2, 0.25) is 0 Å². The van der Waals surface area contributed by atoms with Crippen LogP contribution >= 0.6 is 11.3 Å². The van der Waals surface area contributed by atoms with Crippen LogP contribution in [0.3, 0.4) is 0 Å². The number of benzene rings is 2. The van der Waals surface area contributed by atoms with Gasteiger partial charge in [-0.15, -0.1) is 0 Å². The smallest absolute Gasteiger partial charge is 0.305 e. The third-order valence-electron chi connectivity index (χ3n) is 5.28. The normalized spacial score (nSPS) is 15.4. The number of fused-ring (bicyclic) bond motifs is 1. The van der Waals surface area contributed by atoms with Gasteiger partial charge in [0.2, 0.25) is 0 Å². The molecule has 1 aromatic heterocycles. The van der Waals surface area contributed by atoms with E-state index in [4.69, 9.17) is 0 Å². The standard InChI is InChI=1S/C21H25N3O3S/c25-17-8-7-16(20-19(17)23-21(27)28-20)18(26)13-22-10-9-14-3-5-15(6-4-14)24-11-1-2-12-24/h3-8,18,22,25-26H,1-2,9-13H2,(H,23,27). The van der Waals surface area contributed by atoms with Gasteiger partial charge in [-0.3, -0.25) is 4.79 Å². The second-order valence-corrected chi connectivity index (χ2v) is 8.21. The van der Waals surface area contributed by atoms with Gasteiger partial charge in [0, 0.05) is 30.9 Å². The number of aliphatic hydroxyl groups excluding tert-OH is 1. The van der Waals surface area contributed by atoms with Crippen molar-refractivity contribution in [3.63, 3.8) is 0 Å². The van der Waals surface area contributed by atoms with Gasteiger partial charge in [-0.05, 0) is 49.6 Å². The van der Waals surface area contributed by atoms with Crippen molar-refractivity contribution in [3.8, 4) is 5.75 Å². The average Bonchev–Trinajstić information content (AvgIpc) is 3.36. The summed E-state index contributed by atoms with van der Waals surface area (Å²) in [5, 5.41) is 23.7. The van der Waals surface area contributed by atoms with Crippen molar-refractivity contribution in [2.75, 3.05) is 31.1 Å². The number of phenols is 1. The number of aliphatic hydroxyl groups is 1. The minimum absolute atomic E-state index is 0.0228. The van der Waals surface area contributed by atoms with E-state index < -0.39 is 6.10 Å². The maximum absolute atomic E-state index is 11.6. The van der Waals surface area contributed by atoms with Gasteiger partial charge in [0.05, 0.1) is 10.8 Å². The van der Waals surface area contributed by atoms with Crippen LogP contribution in [0.5, 0.6) is 5.75 Å². The van der Waals surface area contributed by atoms with Gasteiger partial charge in [0.25, 0.3) is 0 Å². The second kappa shape index (κ2) is 8.34. The molecular formula is C21H25N3O3S. The van der Waals surface area contributed by atoms with Gasteiger partial charge in [-0.1, -0.05) is 29.5 Å². The molecule has 0 amide bonds. The summed E-state index contributed by atoms with van der Waals surface area (Å²) >= 11 is 1.01. The highest BCUT2D eigenvalue weighted by molar-refractivity contribution is 7.16. The molecular weight excluding hydrogens is 374 g/mol. The number of aromatic hydroxyl groups is 1. The van der Waals surface area contributed by atoms with Crippen molar-refractivity contribution in [1.29, 1.82) is 0 Å². The number of thiazole rings is 1. The first kappa shape index (κ1) is 19.0. The fourth-order valence-electron chi connectivity index (χ4n) is 3.73. The van der Waals surface area contributed by atoms with E-state index in [0.29, 0.717) is 22.3 Å². The predicted molar refractivity (Wildman–Crippen MR) is 114 cm³/mol. The Bertz CT molecular complexity index is 990. The molecule has 4 N–H and O–H groups in total. The third kappa shape index (κ3) is 4.06. The molecule has 28 heavy (non-hydrogen) atoms. The number of aromatic nitrogens is 1. The number of hydrogen-bond acceptors (Lipinski definition) is 6. The summed E-state index contributed by atoms with van der Waals surface area (Å²) < 4.78 is 0.608. The summed E-state index contributed by atoms with van der Waals surface area (Å²) in [6.07, 6.45) is 2.70. The van der Waals surface area contributed by atoms with E-state index in [1.807, 2.05) is 0 Å². The maximum Gasteiger partial charge on any atom is 0.305 e. The lowest BCUT2D eigenvalue weighted by molar-refractivity contribution is 0.177. The first-order valence-electron chi connectivity index (χ1n) is 9.69. The molecule has 1 aliphatic heterocycles. The SMILES string of the molecule is O=c1[nH]c2c(O)ccc(C(O)CNCCc3ccc(N4CCCC4)cc3)c2s1. The third-order valence-corrected chi connectivity index (χ3v) is 6.21. The quantitative estimate of drug-likeness (QED) is 0.459. The van der Waals surface area contributed by atoms with Gasteiger partial charge >= 0.3 is 4.87 Å². The molecule has 1 atom stereocenters. The highest BCUT2D eigenvalue weighted by atomic mass is 32.1. The van der Waals surface area contributed by atoms with Crippen molar-refractivity contribution >= 4 is 27.2 Å². The molecule has 2 heterocycles. The largest absolute Gasteiger partial charge is 0.506 e. The molecule has 0 saturated carbocycles. The van der Waals surface area contributed by atoms with Crippen LogP contribution in [0.1, 0.15) is 30.1 Å². The first-order chi connectivity index (χ1) is 13.6. The molecule has 6 nitrogen and oxygen atoms in total. The summed E-state index contributed by atoms with van der Waals surface area (Å²) in [5.74, 6) is 0.0228. The minimum Gasteiger partial charge on any atom is -0.506 e. The second-order valence-electron chi connectivity index (χ2n) is 7.22. The van der Waals surface area contributed by atoms with Crippen LogP contribution in [0.15, 0.2) is 41.2 Å². The Hall–Kier alpha value is -2.35. The van der Waals surface area contributed by atoms with Crippen molar-refractivity contribution in [2.45, 2.75) is 25.4 Å². The summed E-state index contributed by atoms with van der Waals surface area (Å²) in [5.41, 5.74) is 3.61. The van der Waals surface area contributed by atoms with E-state index in [0.717, 1.165) is 37.4 Å². The van der Waals surface area contributed by atoms with Crippen molar-refractivity contribution in [1.82, 2.24) is 10.3 Å². The summed E-state index contributed by atoms with van der Waals surface area (Å²) in [4.78, 5) is 16.4. The molecule has 1 saturated heterocycles. The number of phenolic OH excluding ortho intramolecular Hbond substituents is 1. The van der Waals surface area contributed by atoms with E-state index in [9.17, 15) is 15.0 Å². The molecule has 0 spiro atoms. The number of rotatable bonds is 7. The van der Waals surface area contributed by atoms with E-state index in [2.05, 4.69) is 39.5 Å². The van der Waals surface area contributed by atoms with Crippen LogP contribution in [0.25, 0.3) is 10.2 Å². The average molecular weight is 400 g/mol. The lowest BCUT2D eigenvalue weighted by Crippen LogP contribution is -2.24. The maximum atomic E-state index is 11.6. The zero-order chi connectivity index (χ0) is 19.5. The Morgan fingerprint density at radius 3 is 2.64 bits per heavy atom. The molecule has 4 rings (SSSR count). The lowest BCUT2D eigenvalue weighted by Gasteiger charge is -2.18. The number of nitrogens with zero attached hydrogens (tertiary/aromatic N) is 1. The highest BCUT2D eigenvalue weighted by Crippen LogP contribution is 2.31. The van der Waals surface area contributed by atoms with Crippen LogP contribution in [-0.2, 0) is 6.42 Å². The molecule has 148 valence electrons. The van der Waals surface area contributed by atoms with Gasteiger partial charge < -0.3 is 25.4 Å². The Balaban J connectivity index is 1.30. The Morgan fingerprint density at radius 1 is 1.14 bits per heavy atom. The lowest BCUT2D eigenvalue weighted by atomic mass is 10.1. The van der Waals surface area contributed by atoms with Crippen LogP contribution in [0, 0.1) is 0 Å². The monoisotopic (exact) mass is 399 g/mol. The van der Waals surface area contributed by atoms with E-state index in [1.54, 1.807) is 6.07 Å². The molecule has 2 aromatic carbocycles. The van der Waals surface area contributed by atoms with Crippen molar-refractivity contribution in [3.05, 3.63) is 57.2 Å². The molecule has 7 heteroatoms. The van der Waals surface area contributed by atoms with E-state index in [1.165, 1.54) is 30.2 Å². The highest BCUT2D eigenvalue weighted by Gasteiger charge is 2.16. The van der Waals surface area contributed by atoms with Crippen LogP contribution < -0.4 is 15.1 Å². The summed E-state index contributed by atoms with van der Waals surface area (Å²) in [7, 11) is 0. The fourth-order valence-corrected chi connectivity index (χ4v) is 4.65. The number of anilines is 1. The molecule has 0 bridgehead atoms. The van der Waals surface area contributed by atoms with Crippen LogP contribution in [-0.4, -0.2) is 41.4 Å². The van der Waals surface area contributed by atoms with Gasteiger partial charge in [-0.2, -0.15) is 0 Å². The fraction of sp³-hybridized carbons (Fsp3) is 0.381. The Kier molecular flexibility index (Phi) is 5.66.